The van der Waals surface area contributed by atoms with Gasteiger partial charge in [0.05, 0.1) is 5.60 Å². The minimum atomic E-state index is -0.708. The Morgan fingerprint density at radius 3 is 2.59 bits per heavy atom. The van der Waals surface area contributed by atoms with E-state index >= 15 is 0 Å². The van der Waals surface area contributed by atoms with Crippen LogP contribution in [0.25, 0.3) is 0 Å². The Labute approximate surface area is 172 Å². The van der Waals surface area contributed by atoms with E-state index in [-0.39, 0.29) is 23.7 Å². The molecule has 158 valence electrons. The maximum Gasteiger partial charge on any atom is 0.272 e. The summed E-state index contributed by atoms with van der Waals surface area (Å²) in [6.45, 7) is 2.62. The van der Waals surface area contributed by atoms with Gasteiger partial charge in [-0.25, -0.2) is 4.98 Å². The number of aromatic nitrogens is 1. The van der Waals surface area contributed by atoms with Crippen LogP contribution in [0.5, 0.6) is 0 Å². The van der Waals surface area contributed by atoms with Crippen molar-refractivity contribution in [3.8, 4) is 0 Å². The summed E-state index contributed by atoms with van der Waals surface area (Å²) in [6, 6.07) is 5.51. The summed E-state index contributed by atoms with van der Waals surface area (Å²) in [5.74, 6) is 1.10. The van der Waals surface area contributed by atoms with E-state index in [0.29, 0.717) is 44.7 Å². The molecular weight excluding hydrogens is 368 g/mol. The quantitative estimate of drug-likeness (QED) is 0.837. The number of hydrogen-bond acceptors (Lipinski definition) is 5. The molecule has 1 N–H and O–H groups in total. The number of carbonyl (C=O) groups excluding carboxylic acids is 2. The van der Waals surface area contributed by atoms with Gasteiger partial charge in [-0.1, -0.05) is 18.9 Å². The largest absolute Gasteiger partial charge is 0.389 e. The lowest BCUT2D eigenvalue weighted by Crippen LogP contribution is -2.61. The zero-order chi connectivity index (χ0) is 20.6. The first-order valence-corrected chi connectivity index (χ1v) is 10.8. The van der Waals surface area contributed by atoms with Crippen LogP contribution >= 0.6 is 0 Å². The summed E-state index contributed by atoms with van der Waals surface area (Å²) in [5.41, 5.74) is -0.282. The molecule has 7 nitrogen and oxygen atoms in total. The van der Waals surface area contributed by atoms with Gasteiger partial charge in [0.15, 0.2) is 0 Å². The van der Waals surface area contributed by atoms with E-state index in [0.717, 1.165) is 31.5 Å². The van der Waals surface area contributed by atoms with Gasteiger partial charge in [-0.3, -0.25) is 9.59 Å². The van der Waals surface area contributed by atoms with Gasteiger partial charge >= 0.3 is 0 Å². The van der Waals surface area contributed by atoms with Crippen molar-refractivity contribution in [2.24, 2.45) is 11.8 Å². The second kappa shape index (κ2) is 7.94. The minimum Gasteiger partial charge on any atom is -0.389 e. The van der Waals surface area contributed by atoms with E-state index in [2.05, 4.69) is 9.88 Å². The molecule has 1 aromatic rings. The minimum absolute atomic E-state index is 0.00496. The standard InChI is InChI=1S/C22H32N4O3/c1-24(2)21(28)18-8-5-9-19(23-18)25-12-10-22(29)11-13-26(15-17(22)14-25)20(27)16-6-3-4-7-16/h5,8-9,16-17,29H,3-4,6-7,10-15H2,1-2H3/t17-,22-/m1/s1. The first-order chi connectivity index (χ1) is 13.9. The summed E-state index contributed by atoms with van der Waals surface area (Å²) >= 11 is 0. The maximum atomic E-state index is 12.9. The molecule has 1 aliphatic carbocycles. The highest BCUT2D eigenvalue weighted by Crippen LogP contribution is 2.38. The van der Waals surface area contributed by atoms with Gasteiger partial charge in [0, 0.05) is 52.1 Å². The normalized spacial score (nSPS) is 27.6. The monoisotopic (exact) mass is 400 g/mol. The molecule has 0 unspecified atom stereocenters. The Bertz CT molecular complexity index is 777. The number of amides is 2. The van der Waals surface area contributed by atoms with Crippen molar-refractivity contribution >= 4 is 17.6 Å². The first kappa shape index (κ1) is 20.1. The molecule has 0 spiro atoms. The second-order valence-corrected chi connectivity index (χ2v) is 9.09. The number of rotatable bonds is 3. The molecule has 3 heterocycles. The van der Waals surface area contributed by atoms with Crippen molar-refractivity contribution in [1.29, 1.82) is 0 Å². The van der Waals surface area contributed by atoms with Crippen molar-refractivity contribution in [3.05, 3.63) is 23.9 Å². The van der Waals surface area contributed by atoms with E-state index in [1.54, 1.807) is 20.2 Å². The lowest BCUT2D eigenvalue weighted by atomic mass is 9.75. The summed E-state index contributed by atoms with van der Waals surface area (Å²) in [5, 5.41) is 11.2. The fourth-order valence-electron chi connectivity index (χ4n) is 5.09. The van der Waals surface area contributed by atoms with Crippen LogP contribution < -0.4 is 4.90 Å². The number of aliphatic hydroxyl groups is 1. The number of pyridine rings is 1. The van der Waals surface area contributed by atoms with E-state index in [1.165, 1.54) is 4.90 Å². The van der Waals surface area contributed by atoms with Gasteiger partial charge in [0.1, 0.15) is 11.5 Å². The summed E-state index contributed by atoms with van der Waals surface area (Å²) in [6.07, 6.45) is 5.63. The SMILES string of the molecule is CN(C)C(=O)c1cccc(N2CC[C@@]3(O)CCN(C(=O)C4CCCC4)C[C@H]3C2)n1. The van der Waals surface area contributed by atoms with Gasteiger partial charge < -0.3 is 19.8 Å². The number of nitrogens with zero attached hydrogens (tertiary/aromatic N) is 4. The van der Waals surface area contributed by atoms with Crippen molar-refractivity contribution in [2.75, 3.05) is 45.2 Å². The topological polar surface area (TPSA) is 77.0 Å². The molecule has 0 radical (unpaired) electrons. The predicted molar refractivity (Wildman–Crippen MR) is 111 cm³/mol. The molecule has 2 amide bonds. The van der Waals surface area contributed by atoms with Gasteiger partial charge in [0.25, 0.3) is 5.91 Å². The zero-order valence-corrected chi connectivity index (χ0v) is 17.5. The van der Waals surface area contributed by atoms with Crippen molar-refractivity contribution in [1.82, 2.24) is 14.8 Å². The third-order valence-electron chi connectivity index (χ3n) is 6.97. The van der Waals surface area contributed by atoms with Crippen molar-refractivity contribution in [3.63, 3.8) is 0 Å². The highest BCUT2D eigenvalue weighted by atomic mass is 16.3. The molecular formula is C22H32N4O3. The number of carbonyl (C=O) groups is 2. The van der Waals surface area contributed by atoms with Crippen LogP contribution in [0.3, 0.4) is 0 Å². The summed E-state index contributed by atoms with van der Waals surface area (Å²) in [4.78, 5) is 35.4. The molecule has 3 fully saturated rings. The van der Waals surface area contributed by atoms with Gasteiger partial charge in [0.2, 0.25) is 5.91 Å². The second-order valence-electron chi connectivity index (χ2n) is 9.09. The Hall–Kier alpha value is -2.15. The lowest BCUT2D eigenvalue weighted by Gasteiger charge is -2.50. The molecule has 29 heavy (non-hydrogen) atoms. The molecule has 1 aromatic heterocycles. The Balaban J connectivity index is 1.47. The lowest BCUT2D eigenvalue weighted by molar-refractivity contribution is -0.145. The average molecular weight is 401 g/mol. The predicted octanol–water partition coefficient (Wildman–Crippen LogP) is 1.76. The van der Waals surface area contributed by atoms with Crippen LogP contribution in [-0.4, -0.2) is 77.6 Å². The molecule has 2 saturated heterocycles. The molecule has 3 aliphatic rings. The van der Waals surface area contributed by atoms with Crippen LogP contribution in [0.4, 0.5) is 5.82 Å². The van der Waals surface area contributed by atoms with Crippen LogP contribution in [-0.2, 0) is 4.79 Å². The third kappa shape index (κ3) is 3.97. The van der Waals surface area contributed by atoms with Gasteiger partial charge in [-0.15, -0.1) is 0 Å². The van der Waals surface area contributed by atoms with E-state index in [9.17, 15) is 14.7 Å². The van der Waals surface area contributed by atoms with Crippen molar-refractivity contribution in [2.45, 2.75) is 44.1 Å². The fraction of sp³-hybridized carbons (Fsp3) is 0.682. The third-order valence-corrected chi connectivity index (χ3v) is 6.97. The molecule has 4 rings (SSSR count). The van der Waals surface area contributed by atoms with Gasteiger partial charge in [-0.05, 0) is 37.8 Å². The maximum absolute atomic E-state index is 12.9. The zero-order valence-electron chi connectivity index (χ0n) is 17.5. The molecule has 7 heteroatoms. The van der Waals surface area contributed by atoms with E-state index in [4.69, 9.17) is 0 Å². The van der Waals surface area contributed by atoms with Gasteiger partial charge in [-0.2, -0.15) is 0 Å². The number of anilines is 1. The molecule has 0 aromatic carbocycles. The average Bonchev–Trinajstić information content (AvgIpc) is 3.26. The van der Waals surface area contributed by atoms with E-state index in [1.807, 2.05) is 17.0 Å². The first-order valence-electron chi connectivity index (χ1n) is 10.8. The Kier molecular flexibility index (Phi) is 5.51. The van der Waals surface area contributed by atoms with Crippen LogP contribution in [0.1, 0.15) is 49.0 Å². The molecule has 0 bridgehead atoms. The highest BCUT2D eigenvalue weighted by Gasteiger charge is 2.46. The number of piperidine rings is 2. The highest BCUT2D eigenvalue weighted by molar-refractivity contribution is 5.92. The fourth-order valence-corrected chi connectivity index (χ4v) is 5.09. The van der Waals surface area contributed by atoms with Crippen molar-refractivity contribution < 1.29 is 14.7 Å². The number of fused-ring (bicyclic) bond motifs is 1. The van der Waals surface area contributed by atoms with E-state index < -0.39 is 5.60 Å². The molecule has 2 atom stereocenters. The Morgan fingerprint density at radius 2 is 1.86 bits per heavy atom. The number of likely N-dealkylation sites (tertiary alicyclic amines) is 1. The van der Waals surface area contributed by atoms with Crippen LogP contribution in [0.15, 0.2) is 18.2 Å². The summed E-state index contributed by atoms with van der Waals surface area (Å²) in [7, 11) is 3.44. The van der Waals surface area contributed by atoms with Crippen LogP contribution in [0.2, 0.25) is 0 Å². The van der Waals surface area contributed by atoms with Crippen LogP contribution in [0, 0.1) is 11.8 Å². The molecule has 2 aliphatic heterocycles. The summed E-state index contributed by atoms with van der Waals surface area (Å²) < 4.78 is 0. The Morgan fingerprint density at radius 1 is 1.14 bits per heavy atom. The number of hydrogen-bond donors (Lipinski definition) is 1. The smallest absolute Gasteiger partial charge is 0.272 e. The molecule has 1 saturated carbocycles.